The van der Waals surface area contributed by atoms with Crippen molar-refractivity contribution in [2.75, 3.05) is 46.8 Å². The summed E-state index contributed by atoms with van der Waals surface area (Å²) >= 11 is 0. The van der Waals surface area contributed by atoms with Gasteiger partial charge in [-0.3, -0.25) is 4.79 Å². The minimum Gasteiger partial charge on any atom is -0.463 e. The van der Waals surface area contributed by atoms with E-state index in [0.29, 0.717) is 6.42 Å². The molecular weight excluding hydrogens is 422 g/mol. The minimum absolute atomic E-state index is 0.0243. The second-order valence-corrected chi connectivity index (χ2v) is 9.84. The first-order valence-electron chi connectivity index (χ1n) is 14.8. The van der Waals surface area contributed by atoms with E-state index in [-0.39, 0.29) is 12.1 Å². The predicted octanol–water partition coefficient (Wildman–Crippen LogP) is 7.03. The number of carbonyl (C=O) groups is 1. The van der Waals surface area contributed by atoms with Gasteiger partial charge in [0.25, 0.3) is 0 Å². The number of nitrogens with zero attached hydrogens (tertiary/aromatic N) is 2. The molecule has 206 valence electrons. The van der Waals surface area contributed by atoms with Crippen LogP contribution in [-0.2, 0) is 9.53 Å². The van der Waals surface area contributed by atoms with Crippen molar-refractivity contribution in [3.8, 4) is 0 Å². The molecule has 0 bridgehead atoms. The van der Waals surface area contributed by atoms with Crippen molar-refractivity contribution in [1.29, 1.82) is 0 Å². The standard InChI is InChI=1S/C27H57N3O2.C2H6/c1-5-26(2)32-27(31)20-16-12-8-6-10-14-18-22-30(25-24-29(3)4)23-19-15-11-7-9-13-17-21-28;1-2/h26H,5-25,28H2,1-4H3;1-2H3. The third-order valence-electron chi connectivity index (χ3n) is 6.30. The van der Waals surface area contributed by atoms with E-state index >= 15 is 0 Å². The van der Waals surface area contributed by atoms with Gasteiger partial charge in [0.05, 0.1) is 6.10 Å². The van der Waals surface area contributed by atoms with Gasteiger partial charge in [0.15, 0.2) is 0 Å². The molecule has 5 heteroatoms. The fourth-order valence-corrected chi connectivity index (χ4v) is 3.90. The van der Waals surface area contributed by atoms with E-state index in [0.717, 1.165) is 32.4 Å². The highest BCUT2D eigenvalue weighted by Crippen LogP contribution is 2.12. The van der Waals surface area contributed by atoms with Crippen molar-refractivity contribution < 1.29 is 9.53 Å². The number of esters is 1. The van der Waals surface area contributed by atoms with E-state index in [1.54, 1.807) is 0 Å². The highest BCUT2D eigenvalue weighted by molar-refractivity contribution is 5.69. The first-order chi connectivity index (χ1) is 16.5. The smallest absolute Gasteiger partial charge is 0.306 e. The van der Waals surface area contributed by atoms with Gasteiger partial charge in [0.1, 0.15) is 0 Å². The first kappa shape index (κ1) is 35.5. The topological polar surface area (TPSA) is 58.8 Å². The maximum atomic E-state index is 11.7. The molecule has 1 atom stereocenters. The van der Waals surface area contributed by atoms with Gasteiger partial charge in [-0.2, -0.15) is 0 Å². The Balaban J connectivity index is 0. The third-order valence-corrected chi connectivity index (χ3v) is 6.30. The van der Waals surface area contributed by atoms with Gasteiger partial charge in [0.2, 0.25) is 0 Å². The summed E-state index contributed by atoms with van der Waals surface area (Å²) in [6.45, 7) is 13.7. The van der Waals surface area contributed by atoms with E-state index in [9.17, 15) is 4.79 Å². The molecule has 0 fully saturated rings. The van der Waals surface area contributed by atoms with Gasteiger partial charge in [-0.05, 0) is 72.8 Å². The number of rotatable bonds is 24. The molecule has 0 aromatic carbocycles. The fourth-order valence-electron chi connectivity index (χ4n) is 3.90. The summed E-state index contributed by atoms with van der Waals surface area (Å²) in [7, 11) is 4.34. The third kappa shape index (κ3) is 27.6. The molecule has 5 nitrogen and oxygen atoms in total. The van der Waals surface area contributed by atoms with Gasteiger partial charge in [0, 0.05) is 19.5 Å². The quantitative estimate of drug-likeness (QED) is 0.117. The highest BCUT2D eigenvalue weighted by atomic mass is 16.5. The molecule has 0 rings (SSSR count). The molecule has 34 heavy (non-hydrogen) atoms. The van der Waals surface area contributed by atoms with Crippen LogP contribution < -0.4 is 5.73 Å². The maximum Gasteiger partial charge on any atom is 0.306 e. The Bertz CT molecular complexity index is 405. The number of likely N-dealkylation sites (N-methyl/N-ethyl adjacent to an activating group) is 1. The summed E-state index contributed by atoms with van der Waals surface area (Å²) in [6, 6.07) is 0. The number of carbonyl (C=O) groups excluding carboxylic acids is 1. The minimum atomic E-state index is -0.0243. The summed E-state index contributed by atoms with van der Waals surface area (Å²) in [5.41, 5.74) is 5.56. The zero-order chi connectivity index (χ0) is 25.9. The molecule has 0 heterocycles. The van der Waals surface area contributed by atoms with Crippen molar-refractivity contribution in [1.82, 2.24) is 9.80 Å². The summed E-state index contributed by atoms with van der Waals surface area (Å²) < 4.78 is 5.33. The molecule has 1 unspecified atom stereocenters. The summed E-state index contributed by atoms with van der Waals surface area (Å²) in [6.07, 6.45) is 19.5. The largest absolute Gasteiger partial charge is 0.463 e. The zero-order valence-electron chi connectivity index (χ0n) is 24.2. The van der Waals surface area contributed by atoms with Crippen molar-refractivity contribution in [2.45, 2.75) is 137 Å². The van der Waals surface area contributed by atoms with Crippen molar-refractivity contribution in [2.24, 2.45) is 5.73 Å². The number of hydrogen-bond donors (Lipinski definition) is 1. The van der Waals surface area contributed by atoms with E-state index in [4.69, 9.17) is 10.5 Å². The Morgan fingerprint density at radius 2 is 1.15 bits per heavy atom. The van der Waals surface area contributed by atoms with Crippen LogP contribution in [0, 0.1) is 0 Å². The van der Waals surface area contributed by atoms with Crippen LogP contribution in [0.15, 0.2) is 0 Å². The van der Waals surface area contributed by atoms with Crippen LogP contribution in [0.3, 0.4) is 0 Å². The van der Waals surface area contributed by atoms with Crippen LogP contribution >= 0.6 is 0 Å². The number of ether oxygens (including phenoxy) is 1. The number of nitrogens with two attached hydrogens (primary N) is 1. The molecule has 0 aliphatic carbocycles. The van der Waals surface area contributed by atoms with Gasteiger partial charge >= 0.3 is 5.97 Å². The van der Waals surface area contributed by atoms with Crippen LogP contribution in [0.5, 0.6) is 0 Å². The monoisotopic (exact) mass is 485 g/mol. The Morgan fingerprint density at radius 3 is 1.59 bits per heavy atom. The molecule has 0 saturated heterocycles. The fraction of sp³-hybridized carbons (Fsp3) is 0.966. The molecule has 0 aromatic rings. The SMILES string of the molecule is CC.CCC(C)OC(=O)CCCCCCCCCN(CCCCCCCCCN)CCN(C)C. The lowest BCUT2D eigenvalue weighted by molar-refractivity contribution is -0.148. The average Bonchev–Trinajstić information content (AvgIpc) is 2.83. The normalized spacial score (nSPS) is 12.0. The molecule has 2 N–H and O–H groups in total. The van der Waals surface area contributed by atoms with Gasteiger partial charge in [-0.1, -0.05) is 85.0 Å². The van der Waals surface area contributed by atoms with Crippen LogP contribution in [0.25, 0.3) is 0 Å². The second kappa shape index (κ2) is 28.6. The molecular formula is C29H63N3O2. The number of unbranched alkanes of at least 4 members (excludes halogenated alkanes) is 12. The van der Waals surface area contributed by atoms with Crippen LogP contribution in [-0.4, -0.2) is 68.7 Å². The zero-order valence-corrected chi connectivity index (χ0v) is 24.2. The van der Waals surface area contributed by atoms with Gasteiger partial charge in [-0.25, -0.2) is 0 Å². The average molecular weight is 486 g/mol. The summed E-state index contributed by atoms with van der Waals surface area (Å²) in [5, 5.41) is 0. The van der Waals surface area contributed by atoms with Crippen molar-refractivity contribution in [3.63, 3.8) is 0 Å². The Kier molecular flexibility index (Phi) is 29.9. The summed E-state index contributed by atoms with van der Waals surface area (Å²) in [5.74, 6) is -0.0243. The molecule has 0 spiro atoms. The van der Waals surface area contributed by atoms with Crippen LogP contribution in [0.4, 0.5) is 0 Å². The number of hydrogen-bond acceptors (Lipinski definition) is 5. The Morgan fingerprint density at radius 1 is 0.706 bits per heavy atom. The van der Waals surface area contributed by atoms with E-state index in [1.807, 2.05) is 27.7 Å². The second-order valence-electron chi connectivity index (χ2n) is 9.84. The molecule has 0 saturated carbocycles. The van der Waals surface area contributed by atoms with Gasteiger partial charge < -0.3 is 20.3 Å². The van der Waals surface area contributed by atoms with Gasteiger partial charge in [-0.15, -0.1) is 0 Å². The van der Waals surface area contributed by atoms with E-state index in [1.165, 1.54) is 96.7 Å². The lowest BCUT2D eigenvalue weighted by Crippen LogP contribution is -2.33. The lowest BCUT2D eigenvalue weighted by atomic mass is 10.1. The van der Waals surface area contributed by atoms with E-state index in [2.05, 4.69) is 23.9 Å². The predicted molar refractivity (Wildman–Crippen MR) is 150 cm³/mol. The van der Waals surface area contributed by atoms with Crippen molar-refractivity contribution >= 4 is 5.97 Å². The van der Waals surface area contributed by atoms with E-state index < -0.39 is 0 Å². The van der Waals surface area contributed by atoms with Crippen molar-refractivity contribution in [3.05, 3.63) is 0 Å². The van der Waals surface area contributed by atoms with Crippen LogP contribution in [0.2, 0.25) is 0 Å². The Hall–Kier alpha value is -0.650. The maximum absolute atomic E-state index is 11.7. The Labute approximate surface area is 214 Å². The molecule has 0 amide bonds. The lowest BCUT2D eigenvalue weighted by Gasteiger charge is -2.24. The molecule has 0 radical (unpaired) electrons. The molecule has 0 aliphatic heterocycles. The molecule has 0 aromatic heterocycles. The highest BCUT2D eigenvalue weighted by Gasteiger charge is 2.07. The summed E-state index contributed by atoms with van der Waals surface area (Å²) in [4.78, 5) is 16.6. The van der Waals surface area contributed by atoms with Crippen LogP contribution in [0.1, 0.15) is 130 Å². The molecule has 0 aliphatic rings. The first-order valence-corrected chi connectivity index (χ1v) is 14.8.